The molecule has 0 fully saturated rings. The van der Waals surface area contributed by atoms with Crippen LogP contribution in [0.1, 0.15) is 13.8 Å². The second-order valence-corrected chi connectivity index (χ2v) is 2.23. The smallest absolute Gasteiger partial charge is 0.192 e. The highest BCUT2D eigenvalue weighted by Gasteiger charge is 2.18. The van der Waals surface area contributed by atoms with E-state index in [1.54, 1.807) is 13.8 Å². The van der Waals surface area contributed by atoms with Gasteiger partial charge in [0.1, 0.15) is 0 Å². The van der Waals surface area contributed by atoms with Gasteiger partial charge in [-0.1, -0.05) is 0 Å². The van der Waals surface area contributed by atoms with Crippen molar-refractivity contribution in [3.8, 4) is 0 Å². The minimum Gasteiger partial charge on any atom is -0.319 e. The molecule has 46 valence electrons. The Kier molecular flexibility index (Phi) is 1.87. The maximum Gasteiger partial charge on any atom is 0.192 e. The van der Waals surface area contributed by atoms with Crippen LogP contribution in [0.15, 0.2) is 0 Å². The van der Waals surface area contributed by atoms with Crippen molar-refractivity contribution < 1.29 is 4.79 Å². The van der Waals surface area contributed by atoms with Gasteiger partial charge in [0, 0.05) is 0 Å². The van der Waals surface area contributed by atoms with Gasteiger partial charge in [-0.2, -0.15) is 0 Å². The summed E-state index contributed by atoms with van der Waals surface area (Å²) in [6, 6.07) is 0. The Hall–Kier alpha value is -0.700. The van der Waals surface area contributed by atoms with Crippen LogP contribution in [-0.2, 0) is 4.79 Å². The van der Waals surface area contributed by atoms with Gasteiger partial charge in [-0.05, 0) is 13.8 Å². The maximum atomic E-state index is 10.5. The predicted octanol–water partition coefficient (Wildman–Crippen LogP) is -0.0576. The van der Waals surface area contributed by atoms with Crippen LogP contribution in [0.3, 0.4) is 0 Å². The average Bonchev–Trinajstić information content (AvgIpc) is 1.62. The summed E-state index contributed by atoms with van der Waals surface area (Å²) in [6.07, 6.45) is 0.736. The first-order chi connectivity index (χ1) is 3.48. The Morgan fingerprint density at radius 1 is 1.75 bits per heavy atom. The maximum absolute atomic E-state index is 10.5. The Morgan fingerprint density at radius 2 is 2.12 bits per heavy atom. The van der Waals surface area contributed by atoms with Crippen molar-refractivity contribution in [1.82, 2.24) is 0 Å². The van der Waals surface area contributed by atoms with Gasteiger partial charge in [0.2, 0.25) is 0 Å². The molecule has 0 saturated heterocycles. The summed E-state index contributed by atoms with van der Waals surface area (Å²) >= 11 is 0. The summed E-state index contributed by atoms with van der Waals surface area (Å²) in [7, 11) is 0. The van der Waals surface area contributed by atoms with E-state index in [0.717, 1.165) is 6.21 Å². The molecule has 0 amide bonds. The Balaban J connectivity index is 4.02. The number of carbonyl (C=O) groups excluding carboxylic acids is 1. The molecule has 0 radical (unpaired) electrons. The number of nitrogens with one attached hydrogen (secondary N) is 1. The lowest BCUT2D eigenvalue weighted by atomic mass is 10.0. The molecular formula is C5H10N2O. The summed E-state index contributed by atoms with van der Waals surface area (Å²) < 4.78 is 0. The van der Waals surface area contributed by atoms with Gasteiger partial charge in [-0.15, -0.1) is 0 Å². The summed E-state index contributed by atoms with van der Waals surface area (Å²) in [5, 5.41) is 6.51. The van der Waals surface area contributed by atoms with Crippen molar-refractivity contribution in [2.24, 2.45) is 5.73 Å². The van der Waals surface area contributed by atoms with Crippen LogP contribution in [0.2, 0.25) is 0 Å². The molecule has 0 heterocycles. The molecule has 3 nitrogen and oxygen atoms in total. The summed E-state index contributed by atoms with van der Waals surface area (Å²) in [6.45, 7) is 3.14. The van der Waals surface area contributed by atoms with Gasteiger partial charge in [0.05, 0.1) is 11.8 Å². The lowest BCUT2D eigenvalue weighted by Crippen LogP contribution is -2.41. The van der Waals surface area contributed by atoms with Crippen LogP contribution in [0.25, 0.3) is 0 Å². The second kappa shape index (κ2) is 2.05. The molecule has 3 heteroatoms. The van der Waals surface area contributed by atoms with E-state index >= 15 is 0 Å². The van der Waals surface area contributed by atoms with E-state index in [1.165, 1.54) is 0 Å². The molecular weight excluding hydrogens is 104 g/mol. The number of nitrogens with two attached hydrogens (primary N) is 1. The molecule has 0 saturated carbocycles. The van der Waals surface area contributed by atoms with Crippen LogP contribution in [0, 0.1) is 5.41 Å². The van der Waals surface area contributed by atoms with E-state index in [1.807, 2.05) is 0 Å². The third-order valence-corrected chi connectivity index (χ3v) is 0.766. The number of Topliss-reactive ketones (excluding diaryl/α,β-unsaturated/α-hetero) is 1. The van der Waals surface area contributed by atoms with Crippen molar-refractivity contribution in [1.29, 1.82) is 5.41 Å². The van der Waals surface area contributed by atoms with E-state index in [4.69, 9.17) is 11.1 Å². The van der Waals surface area contributed by atoms with Crippen LogP contribution < -0.4 is 5.73 Å². The number of hydrogen-bond donors (Lipinski definition) is 2. The molecule has 0 rings (SSSR count). The molecule has 0 atom stereocenters. The molecule has 0 spiro atoms. The number of ketones is 1. The van der Waals surface area contributed by atoms with Crippen molar-refractivity contribution in [3.05, 3.63) is 0 Å². The van der Waals surface area contributed by atoms with Crippen LogP contribution in [0.4, 0.5) is 0 Å². The van der Waals surface area contributed by atoms with E-state index in [-0.39, 0.29) is 5.78 Å². The van der Waals surface area contributed by atoms with E-state index in [9.17, 15) is 4.79 Å². The zero-order valence-electron chi connectivity index (χ0n) is 5.06. The monoisotopic (exact) mass is 114 g/mol. The van der Waals surface area contributed by atoms with Crippen molar-refractivity contribution in [2.45, 2.75) is 19.4 Å². The van der Waals surface area contributed by atoms with E-state index in [2.05, 4.69) is 0 Å². The Bertz CT molecular complexity index is 112. The lowest BCUT2D eigenvalue weighted by Gasteiger charge is -2.11. The van der Waals surface area contributed by atoms with Gasteiger partial charge in [0.25, 0.3) is 0 Å². The molecule has 0 aromatic rings. The lowest BCUT2D eigenvalue weighted by molar-refractivity contribution is -0.116. The van der Waals surface area contributed by atoms with Crippen LogP contribution in [-0.4, -0.2) is 17.5 Å². The standard InChI is InChI=1S/C5H10N2O/c1-5(2,7)4(8)3-6/h3,6H,7H2,1-2H3. The summed E-state index contributed by atoms with van der Waals surface area (Å²) in [5.74, 6) is -0.350. The highest BCUT2D eigenvalue weighted by atomic mass is 16.1. The van der Waals surface area contributed by atoms with E-state index < -0.39 is 5.54 Å². The molecule has 0 aromatic heterocycles. The molecule has 0 aliphatic rings. The van der Waals surface area contributed by atoms with Crippen LogP contribution in [0.5, 0.6) is 0 Å². The highest BCUT2D eigenvalue weighted by molar-refractivity contribution is 6.30. The third-order valence-electron chi connectivity index (χ3n) is 0.766. The van der Waals surface area contributed by atoms with E-state index in [0.29, 0.717) is 0 Å². The zero-order chi connectivity index (χ0) is 6.78. The van der Waals surface area contributed by atoms with Gasteiger partial charge in [-0.25, -0.2) is 0 Å². The predicted molar refractivity (Wildman–Crippen MR) is 32.1 cm³/mol. The molecule has 0 unspecified atom stereocenters. The molecule has 0 aliphatic carbocycles. The Morgan fingerprint density at radius 3 is 2.12 bits per heavy atom. The zero-order valence-corrected chi connectivity index (χ0v) is 5.06. The van der Waals surface area contributed by atoms with Crippen molar-refractivity contribution >= 4 is 12.0 Å². The summed E-state index contributed by atoms with van der Waals surface area (Å²) in [4.78, 5) is 10.5. The minimum atomic E-state index is -0.873. The third kappa shape index (κ3) is 1.84. The Labute approximate surface area is 48.4 Å². The fraction of sp³-hybridized carbons (Fsp3) is 0.600. The SMILES string of the molecule is CC(C)(N)C(=O)C=N. The normalized spacial score (nSPS) is 10.9. The highest BCUT2D eigenvalue weighted by Crippen LogP contribution is 1.94. The fourth-order valence-corrected chi connectivity index (χ4v) is 0.186. The largest absolute Gasteiger partial charge is 0.319 e. The molecule has 0 bridgehead atoms. The molecule has 0 aliphatic heterocycles. The summed E-state index contributed by atoms with van der Waals surface area (Å²) in [5.41, 5.74) is 4.42. The second-order valence-electron chi connectivity index (χ2n) is 2.23. The van der Waals surface area contributed by atoms with Gasteiger partial charge >= 0.3 is 0 Å². The van der Waals surface area contributed by atoms with Gasteiger partial charge < -0.3 is 11.1 Å². The molecule has 3 N–H and O–H groups in total. The minimum absolute atomic E-state index is 0.350. The van der Waals surface area contributed by atoms with Crippen molar-refractivity contribution in [3.63, 3.8) is 0 Å². The first-order valence-electron chi connectivity index (χ1n) is 2.32. The topological polar surface area (TPSA) is 66.9 Å². The number of carbonyl (C=O) groups is 1. The number of hydrogen-bond acceptors (Lipinski definition) is 3. The van der Waals surface area contributed by atoms with Crippen LogP contribution >= 0.6 is 0 Å². The number of rotatable bonds is 2. The average molecular weight is 114 g/mol. The van der Waals surface area contributed by atoms with Crippen molar-refractivity contribution in [2.75, 3.05) is 0 Å². The quantitative estimate of drug-likeness (QED) is 0.494. The molecule has 8 heavy (non-hydrogen) atoms. The van der Waals surface area contributed by atoms with Gasteiger partial charge in [-0.3, -0.25) is 4.79 Å². The first-order valence-corrected chi connectivity index (χ1v) is 2.32. The fourth-order valence-electron chi connectivity index (χ4n) is 0.186. The van der Waals surface area contributed by atoms with Gasteiger partial charge in [0.15, 0.2) is 5.78 Å². The first kappa shape index (κ1) is 7.30. The molecule has 0 aromatic carbocycles.